The fourth-order valence-electron chi connectivity index (χ4n) is 2.43. The molecule has 0 saturated carbocycles. The van der Waals surface area contributed by atoms with E-state index in [0.29, 0.717) is 28.2 Å². The number of rotatable bonds is 3. The maximum absolute atomic E-state index is 13.0. The molecule has 23 heavy (non-hydrogen) atoms. The van der Waals surface area contributed by atoms with Gasteiger partial charge in [0.25, 0.3) is 0 Å². The van der Waals surface area contributed by atoms with E-state index in [-0.39, 0.29) is 12.4 Å². The fraction of sp³-hybridized carbons (Fsp3) is 0.0588. The summed E-state index contributed by atoms with van der Waals surface area (Å²) in [7, 11) is 0. The van der Waals surface area contributed by atoms with Crippen molar-refractivity contribution < 1.29 is 13.2 Å². The minimum Gasteiger partial charge on any atom is -0.444 e. The van der Waals surface area contributed by atoms with Gasteiger partial charge in [-0.05, 0) is 36.4 Å². The Hall–Kier alpha value is -3.15. The number of aromatic nitrogens is 2. The van der Waals surface area contributed by atoms with E-state index in [4.69, 9.17) is 8.83 Å². The van der Waals surface area contributed by atoms with Crippen LogP contribution < -0.4 is 5.76 Å². The van der Waals surface area contributed by atoms with Gasteiger partial charge < -0.3 is 8.83 Å². The fourth-order valence-corrected chi connectivity index (χ4v) is 2.43. The van der Waals surface area contributed by atoms with E-state index < -0.39 is 5.76 Å². The summed E-state index contributed by atoms with van der Waals surface area (Å²) in [6.45, 7) is 0.237. The third kappa shape index (κ3) is 2.44. The van der Waals surface area contributed by atoms with Gasteiger partial charge in [0.1, 0.15) is 12.1 Å². The highest BCUT2D eigenvalue weighted by Crippen LogP contribution is 2.20. The van der Waals surface area contributed by atoms with Gasteiger partial charge in [0, 0.05) is 5.56 Å². The Bertz CT molecular complexity index is 1030. The lowest BCUT2D eigenvalue weighted by molar-refractivity contribution is 0.515. The molecule has 0 N–H and O–H groups in total. The molecule has 0 atom stereocenters. The number of hydrogen-bond acceptors (Lipinski definition) is 4. The summed E-state index contributed by atoms with van der Waals surface area (Å²) in [5.41, 5.74) is 2.48. The topological polar surface area (TPSA) is 61.2 Å². The van der Waals surface area contributed by atoms with E-state index in [1.54, 1.807) is 30.3 Å². The third-order valence-corrected chi connectivity index (χ3v) is 3.54. The molecule has 2 aromatic carbocycles. The van der Waals surface area contributed by atoms with Gasteiger partial charge >= 0.3 is 5.76 Å². The molecule has 0 aliphatic heterocycles. The molecule has 0 saturated heterocycles. The van der Waals surface area contributed by atoms with Crippen molar-refractivity contribution in [3.8, 4) is 11.5 Å². The second kappa shape index (κ2) is 5.24. The Morgan fingerprint density at radius 1 is 1.09 bits per heavy atom. The molecule has 0 radical (unpaired) electrons. The first-order valence-electron chi connectivity index (χ1n) is 6.99. The Labute approximate surface area is 129 Å². The van der Waals surface area contributed by atoms with E-state index in [1.165, 1.54) is 23.0 Å². The minimum atomic E-state index is -0.447. The largest absolute Gasteiger partial charge is 0.444 e. The van der Waals surface area contributed by atoms with E-state index in [0.717, 1.165) is 0 Å². The zero-order valence-corrected chi connectivity index (χ0v) is 11.9. The van der Waals surface area contributed by atoms with Crippen molar-refractivity contribution in [2.45, 2.75) is 6.54 Å². The number of fused-ring (bicyclic) bond motifs is 1. The van der Waals surface area contributed by atoms with Crippen LogP contribution in [0.25, 0.3) is 22.6 Å². The Balaban J connectivity index is 1.68. The lowest BCUT2D eigenvalue weighted by Gasteiger charge is -1.97. The number of hydrogen-bond donors (Lipinski definition) is 0. The second-order valence-corrected chi connectivity index (χ2v) is 5.07. The van der Waals surface area contributed by atoms with Crippen LogP contribution in [0, 0.1) is 5.82 Å². The molecule has 0 bridgehead atoms. The van der Waals surface area contributed by atoms with Crippen molar-refractivity contribution in [1.82, 2.24) is 9.55 Å². The van der Waals surface area contributed by atoms with Gasteiger partial charge in [-0.15, -0.1) is 0 Å². The molecule has 4 aromatic rings. The molecule has 2 heterocycles. The standard InChI is InChI=1S/C17H11FN2O3/c18-12-7-5-11(6-8-12)16-19-13(10-22-16)9-20-14-3-1-2-4-15(14)23-17(20)21/h1-8,10H,9H2. The van der Waals surface area contributed by atoms with Gasteiger partial charge in [0.2, 0.25) is 5.89 Å². The van der Waals surface area contributed by atoms with Gasteiger partial charge in [0.05, 0.1) is 17.8 Å². The molecular weight excluding hydrogens is 299 g/mol. The lowest BCUT2D eigenvalue weighted by Crippen LogP contribution is -2.14. The first-order chi connectivity index (χ1) is 11.2. The van der Waals surface area contributed by atoms with E-state index in [9.17, 15) is 9.18 Å². The number of halogens is 1. The molecular formula is C17H11FN2O3. The van der Waals surface area contributed by atoms with Crippen LogP contribution in [0.2, 0.25) is 0 Å². The maximum atomic E-state index is 13.0. The highest BCUT2D eigenvalue weighted by Gasteiger charge is 2.12. The molecule has 6 heteroatoms. The highest BCUT2D eigenvalue weighted by atomic mass is 19.1. The molecule has 5 nitrogen and oxygen atoms in total. The van der Waals surface area contributed by atoms with Crippen LogP contribution in [0.5, 0.6) is 0 Å². The molecule has 0 aliphatic carbocycles. The van der Waals surface area contributed by atoms with Gasteiger partial charge in [0.15, 0.2) is 5.58 Å². The van der Waals surface area contributed by atoms with Crippen molar-refractivity contribution in [3.05, 3.63) is 76.9 Å². The number of para-hydroxylation sites is 2. The average molecular weight is 310 g/mol. The van der Waals surface area contributed by atoms with Crippen LogP contribution in [-0.4, -0.2) is 9.55 Å². The van der Waals surface area contributed by atoms with Crippen molar-refractivity contribution in [2.24, 2.45) is 0 Å². The van der Waals surface area contributed by atoms with E-state index >= 15 is 0 Å². The smallest absolute Gasteiger partial charge is 0.420 e. The quantitative estimate of drug-likeness (QED) is 0.581. The normalized spacial score (nSPS) is 11.2. The summed E-state index contributed by atoms with van der Waals surface area (Å²) in [6, 6.07) is 13.0. The molecule has 114 valence electrons. The maximum Gasteiger partial charge on any atom is 0.420 e. The van der Waals surface area contributed by atoms with Gasteiger partial charge in [-0.2, -0.15) is 0 Å². The number of benzene rings is 2. The summed E-state index contributed by atoms with van der Waals surface area (Å²) in [4.78, 5) is 16.3. The Morgan fingerprint density at radius 3 is 2.70 bits per heavy atom. The lowest BCUT2D eigenvalue weighted by atomic mass is 10.2. The van der Waals surface area contributed by atoms with Crippen LogP contribution in [0.15, 0.2) is 68.4 Å². The van der Waals surface area contributed by atoms with E-state index in [2.05, 4.69) is 4.98 Å². The molecule has 2 aromatic heterocycles. The van der Waals surface area contributed by atoms with Crippen molar-refractivity contribution in [1.29, 1.82) is 0 Å². The number of oxazole rings is 2. The highest BCUT2D eigenvalue weighted by molar-refractivity contribution is 5.72. The van der Waals surface area contributed by atoms with E-state index in [1.807, 2.05) is 6.07 Å². The Kier molecular flexibility index (Phi) is 3.08. The minimum absolute atomic E-state index is 0.237. The molecule has 0 aliphatic rings. The van der Waals surface area contributed by atoms with Gasteiger partial charge in [-0.25, -0.2) is 14.2 Å². The first kappa shape index (κ1) is 13.5. The predicted octanol–water partition coefficient (Wildman–Crippen LogP) is 3.44. The summed E-state index contributed by atoms with van der Waals surface area (Å²) in [5, 5.41) is 0. The zero-order valence-electron chi connectivity index (χ0n) is 11.9. The monoisotopic (exact) mass is 310 g/mol. The van der Waals surface area contributed by atoms with Gasteiger partial charge in [-0.3, -0.25) is 4.57 Å². The van der Waals surface area contributed by atoms with Crippen LogP contribution in [0.1, 0.15) is 5.69 Å². The van der Waals surface area contributed by atoms with Crippen molar-refractivity contribution in [3.63, 3.8) is 0 Å². The van der Waals surface area contributed by atoms with Crippen LogP contribution in [-0.2, 0) is 6.54 Å². The zero-order chi connectivity index (χ0) is 15.8. The van der Waals surface area contributed by atoms with Crippen LogP contribution >= 0.6 is 0 Å². The molecule has 0 spiro atoms. The van der Waals surface area contributed by atoms with Crippen molar-refractivity contribution >= 4 is 11.1 Å². The van der Waals surface area contributed by atoms with Gasteiger partial charge in [-0.1, -0.05) is 12.1 Å². The molecule has 0 amide bonds. The predicted molar refractivity (Wildman–Crippen MR) is 81.5 cm³/mol. The molecule has 0 unspecified atom stereocenters. The summed E-state index contributed by atoms with van der Waals surface area (Å²) < 4.78 is 25.0. The molecule has 0 fully saturated rings. The SMILES string of the molecule is O=c1oc2ccccc2n1Cc1coc(-c2ccc(F)cc2)n1. The molecule has 4 rings (SSSR count). The van der Waals surface area contributed by atoms with Crippen LogP contribution in [0.3, 0.4) is 0 Å². The number of nitrogens with zero attached hydrogens (tertiary/aromatic N) is 2. The summed E-state index contributed by atoms with van der Waals surface area (Å²) in [5.74, 6) is -0.393. The average Bonchev–Trinajstić information content (AvgIpc) is 3.14. The third-order valence-electron chi connectivity index (χ3n) is 3.54. The summed E-state index contributed by atoms with van der Waals surface area (Å²) in [6.07, 6.45) is 1.48. The second-order valence-electron chi connectivity index (χ2n) is 5.07. The summed E-state index contributed by atoms with van der Waals surface area (Å²) >= 11 is 0. The van der Waals surface area contributed by atoms with Crippen molar-refractivity contribution in [2.75, 3.05) is 0 Å². The first-order valence-corrected chi connectivity index (χ1v) is 6.99. The van der Waals surface area contributed by atoms with Crippen LogP contribution in [0.4, 0.5) is 4.39 Å². The Morgan fingerprint density at radius 2 is 1.87 bits per heavy atom.